The van der Waals surface area contributed by atoms with Crippen LogP contribution >= 0.6 is 0 Å². The molecule has 0 radical (unpaired) electrons. The first kappa shape index (κ1) is 19.8. The van der Waals surface area contributed by atoms with Gasteiger partial charge in [0.25, 0.3) is 11.6 Å². The summed E-state index contributed by atoms with van der Waals surface area (Å²) in [6.07, 6.45) is 1.58. The predicted molar refractivity (Wildman–Crippen MR) is 116 cm³/mol. The van der Waals surface area contributed by atoms with Crippen molar-refractivity contribution in [2.45, 2.75) is 0 Å². The zero-order valence-corrected chi connectivity index (χ0v) is 16.4. The number of amidine groups is 1. The molecule has 1 N–H and O–H groups in total. The molecule has 0 bridgehead atoms. The van der Waals surface area contributed by atoms with E-state index in [-0.39, 0.29) is 23.0 Å². The van der Waals surface area contributed by atoms with E-state index < -0.39 is 4.92 Å². The Morgan fingerprint density at radius 2 is 1.65 bits per heavy atom. The maximum atomic E-state index is 13.2. The van der Waals surface area contributed by atoms with Gasteiger partial charge in [0, 0.05) is 17.7 Å². The number of benzene rings is 3. The van der Waals surface area contributed by atoms with Gasteiger partial charge < -0.3 is 9.84 Å². The first-order chi connectivity index (χ1) is 15.0. The molecule has 1 heterocycles. The van der Waals surface area contributed by atoms with Crippen LogP contribution in [0.4, 0.5) is 11.4 Å². The summed E-state index contributed by atoms with van der Waals surface area (Å²) in [7, 11) is 1.57. The Labute approximate surface area is 177 Å². The van der Waals surface area contributed by atoms with Crippen LogP contribution in [-0.4, -0.2) is 28.9 Å². The minimum atomic E-state index is -0.482. The zero-order chi connectivity index (χ0) is 22.0. The largest absolute Gasteiger partial charge is 0.508 e. The number of rotatable bonds is 5. The van der Waals surface area contributed by atoms with Crippen molar-refractivity contribution in [3.63, 3.8) is 0 Å². The number of nitro benzene ring substituents is 1. The molecule has 3 aromatic rings. The van der Waals surface area contributed by atoms with E-state index in [0.29, 0.717) is 28.4 Å². The van der Waals surface area contributed by atoms with Gasteiger partial charge in [0.2, 0.25) is 0 Å². The quantitative estimate of drug-likeness (QED) is 0.383. The number of anilines is 1. The summed E-state index contributed by atoms with van der Waals surface area (Å²) in [5.74, 6) is 0.827. The van der Waals surface area contributed by atoms with Gasteiger partial charge in [-0.05, 0) is 72.3 Å². The van der Waals surface area contributed by atoms with Crippen LogP contribution in [0.2, 0.25) is 0 Å². The molecule has 8 nitrogen and oxygen atoms in total. The SMILES string of the molecule is COc1ccc(C2=N/C(=C/c3ccc([N+](=O)[O-])cc3)C(=O)N2c2ccc(O)cc2)cc1. The second-order valence-electron chi connectivity index (χ2n) is 6.70. The third-order valence-corrected chi connectivity index (χ3v) is 4.72. The van der Waals surface area contributed by atoms with E-state index in [1.54, 1.807) is 61.7 Å². The lowest BCUT2D eigenvalue weighted by atomic mass is 10.1. The monoisotopic (exact) mass is 415 g/mol. The maximum Gasteiger partial charge on any atom is 0.282 e. The van der Waals surface area contributed by atoms with Crippen LogP contribution in [0.15, 0.2) is 83.5 Å². The second-order valence-corrected chi connectivity index (χ2v) is 6.70. The lowest BCUT2D eigenvalue weighted by molar-refractivity contribution is -0.384. The number of carbonyl (C=O) groups is 1. The molecule has 154 valence electrons. The van der Waals surface area contributed by atoms with Gasteiger partial charge >= 0.3 is 0 Å². The summed E-state index contributed by atoms with van der Waals surface area (Å²) in [6.45, 7) is 0. The Balaban J connectivity index is 1.77. The third kappa shape index (κ3) is 3.99. The number of phenolic OH excluding ortho intramolecular Hbond substituents is 1. The van der Waals surface area contributed by atoms with E-state index in [1.165, 1.54) is 29.2 Å². The molecule has 0 aromatic heterocycles. The zero-order valence-electron chi connectivity index (χ0n) is 16.4. The number of aromatic hydroxyl groups is 1. The molecule has 0 unspecified atom stereocenters. The minimum Gasteiger partial charge on any atom is -0.508 e. The number of methoxy groups -OCH3 is 1. The van der Waals surface area contributed by atoms with Crippen LogP contribution in [-0.2, 0) is 4.79 Å². The minimum absolute atomic E-state index is 0.0342. The Morgan fingerprint density at radius 3 is 2.23 bits per heavy atom. The average Bonchev–Trinajstić information content (AvgIpc) is 3.10. The molecule has 0 aliphatic carbocycles. The Hall–Kier alpha value is -4.46. The number of aliphatic imine (C=N–C) groups is 1. The lowest BCUT2D eigenvalue weighted by Gasteiger charge is -2.18. The molecule has 0 fully saturated rings. The topological polar surface area (TPSA) is 105 Å². The van der Waals surface area contributed by atoms with Crippen molar-refractivity contribution in [2.75, 3.05) is 12.0 Å². The molecule has 0 saturated heterocycles. The van der Waals surface area contributed by atoms with Gasteiger partial charge in [-0.15, -0.1) is 0 Å². The van der Waals surface area contributed by atoms with Crippen molar-refractivity contribution in [1.82, 2.24) is 0 Å². The van der Waals surface area contributed by atoms with Crippen LogP contribution in [0.5, 0.6) is 11.5 Å². The number of non-ortho nitro benzene ring substituents is 1. The molecule has 0 spiro atoms. The van der Waals surface area contributed by atoms with Gasteiger partial charge in [-0.2, -0.15) is 0 Å². The highest BCUT2D eigenvalue weighted by Gasteiger charge is 2.32. The van der Waals surface area contributed by atoms with Gasteiger partial charge in [0.1, 0.15) is 23.0 Å². The molecule has 0 atom stereocenters. The highest BCUT2D eigenvalue weighted by molar-refractivity contribution is 6.33. The van der Waals surface area contributed by atoms with Crippen LogP contribution in [0.25, 0.3) is 6.08 Å². The fraction of sp³-hybridized carbons (Fsp3) is 0.0435. The molecule has 1 aliphatic heterocycles. The van der Waals surface area contributed by atoms with Crippen molar-refractivity contribution >= 4 is 29.2 Å². The molecule has 0 saturated carbocycles. The molecular formula is C23H17N3O5. The Bertz CT molecular complexity index is 1200. The Morgan fingerprint density at radius 1 is 1.00 bits per heavy atom. The molecule has 1 amide bonds. The lowest BCUT2D eigenvalue weighted by Crippen LogP contribution is -2.32. The highest BCUT2D eigenvalue weighted by atomic mass is 16.6. The number of phenols is 1. The number of amides is 1. The summed E-state index contributed by atoms with van der Waals surface area (Å²) < 4.78 is 5.20. The van der Waals surface area contributed by atoms with E-state index in [0.717, 1.165) is 0 Å². The van der Waals surface area contributed by atoms with Gasteiger partial charge in [-0.25, -0.2) is 4.99 Å². The van der Waals surface area contributed by atoms with Crippen LogP contribution in [0.1, 0.15) is 11.1 Å². The van der Waals surface area contributed by atoms with Crippen molar-refractivity contribution in [3.8, 4) is 11.5 Å². The fourth-order valence-electron chi connectivity index (χ4n) is 3.14. The van der Waals surface area contributed by atoms with E-state index >= 15 is 0 Å². The summed E-state index contributed by atoms with van der Waals surface area (Å²) in [6, 6.07) is 19.2. The smallest absolute Gasteiger partial charge is 0.282 e. The number of nitro groups is 1. The summed E-state index contributed by atoms with van der Waals surface area (Å²) in [5, 5.41) is 20.5. The molecule has 3 aromatic carbocycles. The van der Waals surface area contributed by atoms with Crippen molar-refractivity contribution in [1.29, 1.82) is 0 Å². The first-order valence-corrected chi connectivity index (χ1v) is 9.29. The summed E-state index contributed by atoms with van der Waals surface area (Å²) >= 11 is 0. The number of hydrogen-bond acceptors (Lipinski definition) is 6. The van der Waals surface area contributed by atoms with Gasteiger partial charge in [0.15, 0.2) is 0 Å². The van der Waals surface area contributed by atoms with Crippen LogP contribution in [0.3, 0.4) is 0 Å². The fourth-order valence-corrected chi connectivity index (χ4v) is 3.14. The number of nitrogens with zero attached hydrogens (tertiary/aromatic N) is 3. The number of hydrogen-bond donors (Lipinski definition) is 1. The molecular weight excluding hydrogens is 398 g/mol. The first-order valence-electron chi connectivity index (χ1n) is 9.29. The van der Waals surface area contributed by atoms with Crippen molar-refractivity contribution < 1.29 is 19.6 Å². The molecule has 8 heteroatoms. The van der Waals surface area contributed by atoms with Crippen molar-refractivity contribution in [3.05, 3.63) is 99.7 Å². The third-order valence-electron chi connectivity index (χ3n) is 4.72. The highest BCUT2D eigenvalue weighted by Crippen LogP contribution is 2.29. The average molecular weight is 415 g/mol. The summed E-state index contributed by atoms with van der Waals surface area (Å²) in [4.78, 5) is 29.6. The van der Waals surface area contributed by atoms with Gasteiger partial charge in [0.05, 0.1) is 17.7 Å². The molecule has 1 aliphatic rings. The normalized spacial score (nSPS) is 14.6. The maximum absolute atomic E-state index is 13.2. The molecule has 31 heavy (non-hydrogen) atoms. The summed E-state index contributed by atoms with van der Waals surface area (Å²) in [5.41, 5.74) is 2.01. The number of carbonyl (C=O) groups excluding carboxylic acids is 1. The number of ether oxygens (including phenoxy) is 1. The van der Waals surface area contributed by atoms with E-state index in [4.69, 9.17) is 4.74 Å². The van der Waals surface area contributed by atoms with Crippen molar-refractivity contribution in [2.24, 2.45) is 4.99 Å². The standard InChI is InChI=1S/C23H17N3O5/c1-31-20-12-4-16(5-13-20)22-24-21(14-15-2-6-18(7-3-15)26(29)30)23(28)25(22)17-8-10-19(27)11-9-17/h2-14,27H,1H3/b21-14+. The second kappa shape index (κ2) is 8.11. The Kier molecular flexibility index (Phi) is 5.19. The van der Waals surface area contributed by atoms with E-state index in [9.17, 15) is 20.0 Å². The van der Waals surface area contributed by atoms with Crippen LogP contribution < -0.4 is 9.64 Å². The van der Waals surface area contributed by atoms with Gasteiger partial charge in [-0.1, -0.05) is 0 Å². The van der Waals surface area contributed by atoms with E-state index in [2.05, 4.69) is 4.99 Å². The molecule has 4 rings (SSSR count). The predicted octanol–water partition coefficient (Wildman–Crippen LogP) is 4.14. The van der Waals surface area contributed by atoms with Crippen LogP contribution in [0, 0.1) is 10.1 Å². The van der Waals surface area contributed by atoms with E-state index in [1.807, 2.05) is 0 Å². The van der Waals surface area contributed by atoms with Gasteiger partial charge in [-0.3, -0.25) is 19.8 Å².